The average molecular weight is 191 g/mol. The molecule has 1 heterocycles. The van der Waals surface area contributed by atoms with Crippen LogP contribution in [0.25, 0.3) is 0 Å². The molecule has 0 radical (unpaired) electrons. The van der Waals surface area contributed by atoms with Gasteiger partial charge in [0.2, 0.25) is 0 Å². The van der Waals surface area contributed by atoms with E-state index in [1.807, 2.05) is 6.07 Å². The maximum atomic E-state index is 8.61. The second-order valence-corrected chi connectivity index (χ2v) is 3.74. The fourth-order valence-corrected chi connectivity index (χ4v) is 1.91. The van der Waals surface area contributed by atoms with Gasteiger partial charge in [-0.1, -0.05) is 0 Å². The van der Waals surface area contributed by atoms with E-state index in [-0.39, 0.29) is 12.1 Å². The summed E-state index contributed by atoms with van der Waals surface area (Å²) < 4.78 is 0. The number of nitriles is 1. The third-order valence-electron chi connectivity index (χ3n) is 2.64. The van der Waals surface area contributed by atoms with Gasteiger partial charge in [-0.15, -0.1) is 5.10 Å². The fraction of sp³-hybridized carbons (Fsp3) is 0.667. The molecular weight excluding hydrogens is 178 g/mol. The Morgan fingerprint density at radius 2 is 2.43 bits per heavy atom. The van der Waals surface area contributed by atoms with Gasteiger partial charge in [0.05, 0.1) is 12.2 Å². The van der Waals surface area contributed by atoms with Gasteiger partial charge < -0.3 is 5.73 Å². The van der Waals surface area contributed by atoms with Crippen LogP contribution in [0.2, 0.25) is 0 Å². The lowest BCUT2D eigenvalue weighted by atomic mass is 9.92. The molecule has 2 unspecified atom stereocenters. The SMILES string of the molecule is N#Cc1cnn(C2CCCC(N)C2)n1. The smallest absolute Gasteiger partial charge is 0.182 e. The predicted molar refractivity (Wildman–Crippen MR) is 50.2 cm³/mol. The molecule has 14 heavy (non-hydrogen) atoms. The molecule has 0 aliphatic heterocycles. The Kier molecular flexibility index (Phi) is 2.46. The van der Waals surface area contributed by atoms with Crippen LogP contribution < -0.4 is 5.73 Å². The Balaban J connectivity index is 2.10. The monoisotopic (exact) mass is 191 g/mol. The number of hydrogen-bond donors (Lipinski definition) is 1. The summed E-state index contributed by atoms with van der Waals surface area (Å²) in [6, 6.07) is 2.51. The molecule has 2 N–H and O–H groups in total. The number of nitrogens with two attached hydrogens (primary N) is 1. The molecule has 0 amide bonds. The summed E-state index contributed by atoms with van der Waals surface area (Å²) in [5.41, 5.74) is 6.25. The van der Waals surface area contributed by atoms with E-state index < -0.39 is 0 Å². The second kappa shape index (κ2) is 3.76. The van der Waals surface area contributed by atoms with E-state index in [2.05, 4.69) is 10.2 Å². The lowest BCUT2D eigenvalue weighted by molar-refractivity contribution is 0.277. The predicted octanol–water partition coefficient (Wildman–Crippen LogP) is 0.592. The van der Waals surface area contributed by atoms with Crippen LogP contribution in [0.3, 0.4) is 0 Å². The highest BCUT2D eigenvalue weighted by Gasteiger charge is 2.22. The summed E-state index contributed by atoms with van der Waals surface area (Å²) in [4.78, 5) is 1.64. The van der Waals surface area contributed by atoms with Gasteiger partial charge in [0, 0.05) is 6.04 Å². The minimum Gasteiger partial charge on any atom is -0.328 e. The van der Waals surface area contributed by atoms with Crippen LogP contribution in [0.4, 0.5) is 0 Å². The van der Waals surface area contributed by atoms with Crippen LogP contribution in [0.5, 0.6) is 0 Å². The maximum absolute atomic E-state index is 8.61. The van der Waals surface area contributed by atoms with Gasteiger partial charge in [0.25, 0.3) is 0 Å². The van der Waals surface area contributed by atoms with Gasteiger partial charge in [-0.25, -0.2) is 0 Å². The van der Waals surface area contributed by atoms with Crippen LogP contribution in [0.15, 0.2) is 6.20 Å². The van der Waals surface area contributed by atoms with Crippen molar-refractivity contribution in [3.05, 3.63) is 11.9 Å². The lowest BCUT2D eigenvalue weighted by Gasteiger charge is -2.25. The fourth-order valence-electron chi connectivity index (χ4n) is 1.91. The van der Waals surface area contributed by atoms with Crippen LogP contribution in [-0.4, -0.2) is 21.0 Å². The molecule has 2 rings (SSSR count). The molecular formula is C9H13N5. The van der Waals surface area contributed by atoms with E-state index in [9.17, 15) is 0 Å². The van der Waals surface area contributed by atoms with Crippen molar-refractivity contribution in [2.45, 2.75) is 37.8 Å². The van der Waals surface area contributed by atoms with Crippen molar-refractivity contribution < 1.29 is 0 Å². The number of nitrogens with zero attached hydrogens (tertiary/aromatic N) is 4. The molecule has 0 aromatic carbocycles. The van der Waals surface area contributed by atoms with Crippen molar-refractivity contribution in [1.29, 1.82) is 5.26 Å². The molecule has 1 aromatic heterocycles. The van der Waals surface area contributed by atoms with Gasteiger partial charge >= 0.3 is 0 Å². The number of hydrogen-bond acceptors (Lipinski definition) is 4. The van der Waals surface area contributed by atoms with E-state index in [0.717, 1.165) is 25.7 Å². The Bertz CT molecular complexity index is 350. The first kappa shape index (κ1) is 9.16. The molecule has 1 saturated carbocycles. The maximum Gasteiger partial charge on any atom is 0.182 e. The van der Waals surface area contributed by atoms with Crippen LogP contribution in [-0.2, 0) is 0 Å². The number of rotatable bonds is 1. The zero-order valence-corrected chi connectivity index (χ0v) is 7.93. The minimum atomic E-state index is 0.255. The van der Waals surface area contributed by atoms with Crippen LogP contribution in [0, 0.1) is 11.3 Å². The molecule has 0 bridgehead atoms. The molecule has 1 aliphatic rings. The molecule has 1 fully saturated rings. The van der Waals surface area contributed by atoms with Gasteiger partial charge in [-0.2, -0.15) is 15.2 Å². The van der Waals surface area contributed by atoms with Gasteiger partial charge in [0.1, 0.15) is 6.07 Å². The Morgan fingerprint density at radius 3 is 3.07 bits per heavy atom. The van der Waals surface area contributed by atoms with Crippen LogP contribution >= 0.6 is 0 Å². The summed E-state index contributed by atoms with van der Waals surface area (Å²) in [7, 11) is 0. The first-order valence-electron chi connectivity index (χ1n) is 4.87. The van der Waals surface area contributed by atoms with Crippen LogP contribution in [0.1, 0.15) is 37.4 Å². The Hall–Kier alpha value is -1.41. The summed E-state index contributed by atoms with van der Waals surface area (Å²) in [5, 5.41) is 16.8. The summed E-state index contributed by atoms with van der Waals surface area (Å²) in [5.74, 6) is 0. The number of aromatic nitrogens is 3. The van der Waals surface area contributed by atoms with E-state index in [4.69, 9.17) is 11.0 Å². The quantitative estimate of drug-likeness (QED) is 0.704. The minimum absolute atomic E-state index is 0.255. The van der Waals surface area contributed by atoms with E-state index in [0.29, 0.717) is 5.69 Å². The van der Waals surface area contributed by atoms with Gasteiger partial charge in [0.15, 0.2) is 5.69 Å². The normalized spacial score (nSPS) is 27.1. The average Bonchev–Trinajstić information content (AvgIpc) is 2.66. The third kappa shape index (κ3) is 1.75. The molecule has 5 heteroatoms. The van der Waals surface area contributed by atoms with E-state index in [1.54, 1.807) is 4.80 Å². The zero-order valence-electron chi connectivity index (χ0n) is 7.93. The Labute approximate surface area is 82.5 Å². The van der Waals surface area contributed by atoms with Crippen molar-refractivity contribution in [3.8, 4) is 6.07 Å². The zero-order chi connectivity index (χ0) is 9.97. The standard InChI is InChI=1S/C9H13N5/c10-5-8-6-12-14(13-8)9-3-1-2-7(11)4-9/h6-7,9H,1-4,11H2. The molecule has 1 aromatic rings. The van der Waals surface area contributed by atoms with Crippen molar-refractivity contribution >= 4 is 0 Å². The summed E-state index contributed by atoms with van der Waals surface area (Å²) in [6.45, 7) is 0. The van der Waals surface area contributed by atoms with Crippen molar-refractivity contribution in [1.82, 2.24) is 15.0 Å². The van der Waals surface area contributed by atoms with Crippen molar-refractivity contribution in [3.63, 3.8) is 0 Å². The van der Waals surface area contributed by atoms with E-state index in [1.165, 1.54) is 6.20 Å². The second-order valence-electron chi connectivity index (χ2n) is 3.74. The first-order valence-corrected chi connectivity index (χ1v) is 4.87. The first-order chi connectivity index (χ1) is 6.79. The molecule has 0 saturated heterocycles. The Morgan fingerprint density at radius 1 is 1.57 bits per heavy atom. The van der Waals surface area contributed by atoms with Crippen molar-refractivity contribution in [2.24, 2.45) is 5.73 Å². The summed E-state index contributed by atoms with van der Waals surface area (Å²) >= 11 is 0. The van der Waals surface area contributed by atoms with Crippen molar-refractivity contribution in [2.75, 3.05) is 0 Å². The highest BCUT2D eigenvalue weighted by Crippen LogP contribution is 2.25. The molecule has 1 aliphatic carbocycles. The van der Waals surface area contributed by atoms with Gasteiger partial charge in [-0.3, -0.25) is 0 Å². The molecule has 2 atom stereocenters. The highest BCUT2D eigenvalue weighted by atomic mass is 15.5. The lowest BCUT2D eigenvalue weighted by Crippen LogP contribution is -2.30. The molecule has 0 spiro atoms. The molecule has 5 nitrogen and oxygen atoms in total. The summed E-state index contributed by atoms with van der Waals surface area (Å²) in [6.07, 6.45) is 5.69. The highest BCUT2D eigenvalue weighted by molar-refractivity contribution is 5.12. The van der Waals surface area contributed by atoms with Gasteiger partial charge in [-0.05, 0) is 25.7 Å². The third-order valence-corrected chi connectivity index (χ3v) is 2.64. The topological polar surface area (TPSA) is 80.5 Å². The molecule has 74 valence electrons. The van der Waals surface area contributed by atoms with E-state index >= 15 is 0 Å². The largest absolute Gasteiger partial charge is 0.328 e.